The lowest BCUT2D eigenvalue weighted by Gasteiger charge is -2.03. The van der Waals surface area contributed by atoms with E-state index in [1.807, 2.05) is 30.1 Å². The van der Waals surface area contributed by atoms with Crippen molar-refractivity contribution in [2.75, 3.05) is 0 Å². The van der Waals surface area contributed by atoms with Crippen LogP contribution < -0.4 is 5.73 Å². The van der Waals surface area contributed by atoms with E-state index in [1.165, 1.54) is 0 Å². The summed E-state index contributed by atoms with van der Waals surface area (Å²) in [6.45, 7) is 1.97. The van der Waals surface area contributed by atoms with Crippen molar-refractivity contribution in [2.45, 2.75) is 13.0 Å². The second-order valence-electron chi connectivity index (χ2n) is 3.23. The van der Waals surface area contributed by atoms with Gasteiger partial charge in [-0.2, -0.15) is 0 Å². The number of nitrogens with two attached hydrogens (primary N) is 1. The maximum Gasteiger partial charge on any atom is 0.0947 e. The Morgan fingerprint density at radius 2 is 2.29 bits per heavy atom. The second kappa shape index (κ2) is 3.51. The maximum absolute atomic E-state index is 6.01. The lowest BCUT2D eigenvalue weighted by atomic mass is 10.2. The minimum absolute atomic E-state index is 0.207. The van der Waals surface area contributed by atoms with Gasteiger partial charge in [-0.05, 0) is 6.92 Å². The molecule has 1 atom stereocenters. The van der Waals surface area contributed by atoms with E-state index < -0.39 is 0 Å². The van der Waals surface area contributed by atoms with Crippen LogP contribution in [0.5, 0.6) is 0 Å². The SMILES string of the molecule is Cc1nc(C(N)c2cn(C)cn2)cs1. The number of hydrogen-bond acceptors (Lipinski definition) is 4. The highest BCUT2D eigenvalue weighted by Crippen LogP contribution is 2.19. The topological polar surface area (TPSA) is 56.7 Å². The fraction of sp³-hybridized carbons (Fsp3) is 0.333. The van der Waals surface area contributed by atoms with Crippen molar-refractivity contribution in [3.8, 4) is 0 Å². The molecule has 2 aromatic rings. The Labute approximate surface area is 86.4 Å². The summed E-state index contributed by atoms with van der Waals surface area (Å²) in [6.07, 6.45) is 3.66. The van der Waals surface area contributed by atoms with Gasteiger partial charge in [-0.1, -0.05) is 0 Å². The van der Waals surface area contributed by atoms with Crippen LogP contribution in [-0.4, -0.2) is 14.5 Å². The molecule has 2 aromatic heterocycles. The number of thiazole rings is 1. The van der Waals surface area contributed by atoms with E-state index in [-0.39, 0.29) is 6.04 Å². The summed E-state index contributed by atoms with van der Waals surface area (Å²) in [5.41, 5.74) is 7.76. The van der Waals surface area contributed by atoms with Crippen LogP contribution in [0.4, 0.5) is 0 Å². The molecule has 5 heteroatoms. The Kier molecular flexibility index (Phi) is 2.35. The molecule has 1 unspecified atom stereocenters. The molecule has 0 aliphatic carbocycles. The first-order chi connectivity index (χ1) is 6.66. The minimum atomic E-state index is -0.207. The van der Waals surface area contributed by atoms with Crippen LogP contribution in [-0.2, 0) is 7.05 Å². The molecule has 14 heavy (non-hydrogen) atoms. The van der Waals surface area contributed by atoms with Crippen LogP contribution in [0, 0.1) is 6.92 Å². The Morgan fingerprint density at radius 1 is 1.50 bits per heavy atom. The van der Waals surface area contributed by atoms with Gasteiger partial charge in [0, 0.05) is 18.6 Å². The van der Waals surface area contributed by atoms with Gasteiger partial charge in [-0.15, -0.1) is 11.3 Å². The van der Waals surface area contributed by atoms with Gasteiger partial charge < -0.3 is 10.3 Å². The van der Waals surface area contributed by atoms with Gasteiger partial charge in [-0.25, -0.2) is 9.97 Å². The zero-order chi connectivity index (χ0) is 10.1. The molecular weight excluding hydrogens is 196 g/mol. The first-order valence-electron chi connectivity index (χ1n) is 4.32. The standard InChI is InChI=1S/C9H12N4S/c1-6-12-8(4-14-6)9(10)7-3-13(2)5-11-7/h3-5,9H,10H2,1-2H3. The van der Waals surface area contributed by atoms with Crippen LogP contribution in [0.3, 0.4) is 0 Å². The summed E-state index contributed by atoms with van der Waals surface area (Å²) in [7, 11) is 1.93. The predicted octanol–water partition coefficient (Wildman–Crippen LogP) is 1.23. The molecule has 4 nitrogen and oxygen atoms in total. The van der Waals surface area contributed by atoms with Crippen molar-refractivity contribution in [2.24, 2.45) is 12.8 Å². The number of aromatic nitrogens is 3. The van der Waals surface area contributed by atoms with E-state index in [0.717, 1.165) is 16.4 Å². The van der Waals surface area contributed by atoms with Gasteiger partial charge in [0.25, 0.3) is 0 Å². The fourth-order valence-electron chi connectivity index (χ4n) is 1.27. The van der Waals surface area contributed by atoms with Crippen LogP contribution in [0.25, 0.3) is 0 Å². The van der Waals surface area contributed by atoms with Gasteiger partial charge >= 0.3 is 0 Å². The molecule has 0 fully saturated rings. The molecule has 2 N–H and O–H groups in total. The van der Waals surface area contributed by atoms with Gasteiger partial charge in [0.1, 0.15) is 0 Å². The average Bonchev–Trinajstić information content (AvgIpc) is 2.73. The van der Waals surface area contributed by atoms with Gasteiger partial charge in [0.15, 0.2) is 0 Å². The Bertz CT molecular complexity index is 391. The summed E-state index contributed by atoms with van der Waals surface area (Å²) >= 11 is 1.61. The molecule has 0 saturated heterocycles. The van der Waals surface area contributed by atoms with Crippen molar-refractivity contribution >= 4 is 11.3 Å². The van der Waals surface area contributed by atoms with Crippen LogP contribution in [0.1, 0.15) is 22.4 Å². The molecule has 0 aromatic carbocycles. The van der Waals surface area contributed by atoms with Crippen LogP contribution >= 0.6 is 11.3 Å². The first-order valence-corrected chi connectivity index (χ1v) is 5.20. The Morgan fingerprint density at radius 3 is 2.79 bits per heavy atom. The lowest BCUT2D eigenvalue weighted by Crippen LogP contribution is -2.12. The minimum Gasteiger partial charge on any atom is -0.340 e. The molecular formula is C9H12N4S. The Hall–Kier alpha value is -1.20. The molecule has 2 heterocycles. The first kappa shape index (κ1) is 9.36. The van der Waals surface area contributed by atoms with Crippen molar-refractivity contribution in [3.63, 3.8) is 0 Å². The summed E-state index contributed by atoms with van der Waals surface area (Å²) in [5.74, 6) is 0. The Balaban J connectivity index is 2.28. The fourth-order valence-corrected chi connectivity index (χ4v) is 1.92. The molecule has 0 saturated carbocycles. The van der Waals surface area contributed by atoms with Crippen LogP contribution in [0.2, 0.25) is 0 Å². The zero-order valence-corrected chi connectivity index (χ0v) is 8.95. The summed E-state index contributed by atoms with van der Waals surface area (Å²) < 4.78 is 1.88. The molecule has 0 bridgehead atoms. The highest BCUT2D eigenvalue weighted by molar-refractivity contribution is 7.09. The predicted molar refractivity (Wildman–Crippen MR) is 56.1 cm³/mol. The highest BCUT2D eigenvalue weighted by Gasteiger charge is 2.13. The van der Waals surface area contributed by atoms with E-state index >= 15 is 0 Å². The van der Waals surface area contributed by atoms with E-state index in [4.69, 9.17) is 5.73 Å². The molecule has 0 radical (unpaired) electrons. The number of aryl methyl sites for hydroxylation is 2. The lowest BCUT2D eigenvalue weighted by molar-refractivity contribution is 0.804. The molecule has 74 valence electrons. The largest absolute Gasteiger partial charge is 0.340 e. The third-order valence-corrected chi connectivity index (χ3v) is 2.79. The summed E-state index contributed by atoms with van der Waals surface area (Å²) in [5, 5.41) is 3.01. The van der Waals surface area contributed by atoms with Crippen molar-refractivity contribution in [1.82, 2.24) is 14.5 Å². The molecule has 0 aliphatic heterocycles. The van der Waals surface area contributed by atoms with Gasteiger partial charge in [0.2, 0.25) is 0 Å². The van der Waals surface area contributed by atoms with Crippen molar-refractivity contribution < 1.29 is 0 Å². The second-order valence-corrected chi connectivity index (χ2v) is 4.30. The van der Waals surface area contributed by atoms with Gasteiger partial charge in [0.05, 0.1) is 28.8 Å². The highest BCUT2D eigenvalue weighted by atomic mass is 32.1. The zero-order valence-electron chi connectivity index (χ0n) is 8.14. The number of hydrogen-bond donors (Lipinski definition) is 1. The summed E-state index contributed by atoms with van der Waals surface area (Å²) in [4.78, 5) is 8.54. The molecule has 2 rings (SSSR count). The maximum atomic E-state index is 6.01. The number of nitrogens with zero attached hydrogens (tertiary/aromatic N) is 3. The third kappa shape index (κ3) is 1.69. The summed E-state index contributed by atoms with van der Waals surface area (Å²) in [6, 6.07) is -0.207. The van der Waals surface area contributed by atoms with E-state index in [0.29, 0.717) is 0 Å². The van der Waals surface area contributed by atoms with Crippen molar-refractivity contribution in [1.29, 1.82) is 0 Å². The average molecular weight is 208 g/mol. The quantitative estimate of drug-likeness (QED) is 0.807. The monoisotopic (exact) mass is 208 g/mol. The molecule has 0 aliphatic rings. The number of rotatable bonds is 2. The molecule has 0 amide bonds. The van der Waals surface area contributed by atoms with Gasteiger partial charge in [-0.3, -0.25) is 0 Å². The van der Waals surface area contributed by atoms with Crippen molar-refractivity contribution in [3.05, 3.63) is 34.3 Å². The van der Waals surface area contributed by atoms with E-state index in [2.05, 4.69) is 9.97 Å². The normalized spacial score (nSPS) is 13.1. The third-order valence-electron chi connectivity index (χ3n) is 2.00. The van der Waals surface area contributed by atoms with Crippen LogP contribution in [0.15, 0.2) is 17.9 Å². The smallest absolute Gasteiger partial charge is 0.0947 e. The molecule has 0 spiro atoms. The van der Waals surface area contributed by atoms with E-state index in [1.54, 1.807) is 17.7 Å². The van der Waals surface area contributed by atoms with E-state index in [9.17, 15) is 0 Å². The number of imidazole rings is 1.